The maximum absolute atomic E-state index is 5.24. The Hall–Kier alpha value is -0.520. The summed E-state index contributed by atoms with van der Waals surface area (Å²) < 4.78 is 2.94. The first-order valence-electron chi connectivity index (χ1n) is 5.25. The first-order valence-corrected chi connectivity index (χ1v) is 8.07. The van der Waals surface area contributed by atoms with Crippen molar-refractivity contribution in [1.29, 1.82) is 0 Å². The summed E-state index contributed by atoms with van der Waals surface area (Å²) in [7, 11) is 0. The Morgan fingerprint density at radius 3 is 2.53 bits per heavy atom. The monoisotopic (exact) mass is 320 g/mol. The molecule has 0 fully saturated rings. The van der Waals surface area contributed by atoms with Crippen LogP contribution in [0.1, 0.15) is 32.3 Å². The molecule has 0 aliphatic carbocycles. The zero-order chi connectivity index (χ0) is 11.1. The molecule has 0 aliphatic heterocycles. The van der Waals surface area contributed by atoms with Crippen LogP contribution >= 0.6 is 0 Å². The number of hydrogen-bond donors (Lipinski definition) is 1. The number of rotatable bonds is 5. The van der Waals surface area contributed by atoms with E-state index in [1.54, 1.807) is 0 Å². The minimum atomic E-state index is 0.0373. The molecule has 0 atom stereocenters. The van der Waals surface area contributed by atoms with Crippen LogP contribution in [0, 0.1) is 0 Å². The quantitative estimate of drug-likeness (QED) is 0.291. The molecule has 0 unspecified atom stereocenters. The third-order valence-corrected chi connectivity index (χ3v) is 5.37. The van der Waals surface area contributed by atoms with Gasteiger partial charge in [0.2, 0.25) is 0 Å². The summed E-state index contributed by atoms with van der Waals surface area (Å²) in [6.07, 6.45) is 2.68. The summed E-state index contributed by atoms with van der Waals surface area (Å²) in [6, 6.07) is 8.69. The summed E-state index contributed by atoms with van der Waals surface area (Å²) >= 11 is 0.0373. The van der Waals surface area contributed by atoms with Gasteiger partial charge in [0.1, 0.15) is 0 Å². The Labute approximate surface area is 102 Å². The summed E-state index contributed by atoms with van der Waals surface area (Å²) in [5, 5.41) is 3.69. The van der Waals surface area contributed by atoms with Crippen molar-refractivity contribution >= 4 is 30.2 Å². The molecular formula is C12H18N2Te. The van der Waals surface area contributed by atoms with Crippen LogP contribution in [0.4, 0.5) is 0 Å². The van der Waals surface area contributed by atoms with E-state index in [2.05, 4.69) is 36.3 Å². The van der Waals surface area contributed by atoms with Crippen molar-refractivity contribution in [3.8, 4) is 0 Å². The van der Waals surface area contributed by atoms with Crippen LogP contribution < -0.4 is 9.45 Å². The van der Waals surface area contributed by atoms with Gasteiger partial charge in [0.15, 0.2) is 0 Å². The van der Waals surface area contributed by atoms with Crippen molar-refractivity contribution in [3.05, 3.63) is 29.8 Å². The Kier molecular flexibility index (Phi) is 5.75. The van der Waals surface area contributed by atoms with Crippen molar-refractivity contribution in [2.45, 2.75) is 31.2 Å². The molecule has 82 valence electrons. The van der Waals surface area contributed by atoms with Gasteiger partial charge in [-0.15, -0.1) is 0 Å². The van der Waals surface area contributed by atoms with E-state index in [4.69, 9.17) is 5.84 Å². The van der Waals surface area contributed by atoms with E-state index in [1.165, 1.54) is 20.9 Å². The second-order valence-corrected chi connectivity index (χ2v) is 6.78. The van der Waals surface area contributed by atoms with Crippen molar-refractivity contribution in [1.82, 2.24) is 0 Å². The average Bonchev–Trinajstić information content (AvgIpc) is 2.29. The molecule has 3 heteroatoms. The Bertz CT molecular complexity index is 317. The van der Waals surface area contributed by atoms with Crippen molar-refractivity contribution in [2.75, 3.05) is 0 Å². The number of hydrogen-bond acceptors (Lipinski definition) is 2. The van der Waals surface area contributed by atoms with Gasteiger partial charge in [-0.2, -0.15) is 0 Å². The molecule has 0 amide bonds. The van der Waals surface area contributed by atoms with Gasteiger partial charge in [-0.25, -0.2) is 0 Å². The Morgan fingerprint density at radius 2 is 2.00 bits per heavy atom. The Balaban J connectivity index is 2.56. The molecule has 0 heterocycles. The average molecular weight is 318 g/mol. The van der Waals surface area contributed by atoms with Crippen LogP contribution in [-0.2, 0) is 0 Å². The van der Waals surface area contributed by atoms with E-state index >= 15 is 0 Å². The molecule has 1 aromatic rings. The van der Waals surface area contributed by atoms with E-state index in [0.29, 0.717) is 0 Å². The third-order valence-electron chi connectivity index (χ3n) is 2.23. The molecule has 2 nitrogen and oxygen atoms in total. The van der Waals surface area contributed by atoms with Gasteiger partial charge in [-0.1, -0.05) is 0 Å². The minimum absolute atomic E-state index is 0.0373. The molecular weight excluding hydrogens is 300 g/mol. The summed E-state index contributed by atoms with van der Waals surface area (Å²) in [5.74, 6) is 5.24. The molecule has 0 radical (unpaired) electrons. The fourth-order valence-corrected chi connectivity index (χ4v) is 4.05. The fourth-order valence-electron chi connectivity index (χ4n) is 1.20. The summed E-state index contributed by atoms with van der Waals surface area (Å²) in [4.78, 5) is 0. The van der Waals surface area contributed by atoms with E-state index in [1.807, 2.05) is 6.92 Å². The number of unbranched alkanes of at least 4 members (excludes halogenated alkanes) is 1. The molecule has 15 heavy (non-hydrogen) atoms. The standard InChI is InChI=1S/C12H18N2Te/c1-3-4-9-15-12-7-5-11(6-8-12)10(2)14-13/h5-8H,3-4,9,13H2,1-2H3/b14-10+. The van der Waals surface area contributed by atoms with Crippen LogP contribution in [0.25, 0.3) is 0 Å². The zero-order valence-electron chi connectivity index (χ0n) is 9.36. The molecule has 0 saturated heterocycles. The molecule has 0 aliphatic rings. The van der Waals surface area contributed by atoms with Crippen molar-refractivity contribution < 1.29 is 0 Å². The number of benzene rings is 1. The molecule has 0 saturated carbocycles. The van der Waals surface area contributed by atoms with E-state index < -0.39 is 0 Å². The summed E-state index contributed by atoms with van der Waals surface area (Å²) in [6.45, 7) is 4.18. The van der Waals surface area contributed by atoms with Crippen LogP contribution in [-0.4, -0.2) is 26.6 Å². The van der Waals surface area contributed by atoms with Gasteiger partial charge in [0.25, 0.3) is 0 Å². The SMILES string of the molecule is CCCC[Te]c1ccc(/C(C)=N/N)cc1. The van der Waals surface area contributed by atoms with E-state index in [0.717, 1.165) is 11.3 Å². The zero-order valence-corrected chi connectivity index (χ0v) is 11.7. The number of nitrogens with two attached hydrogens (primary N) is 1. The van der Waals surface area contributed by atoms with Crippen LogP contribution in [0.15, 0.2) is 29.4 Å². The van der Waals surface area contributed by atoms with Gasteiger partial charge in [0.05, 0.1) is 0 Å². The van der Waals surface area contributed by atoms with Gasteiger partial charge in [-0.3, -0.25) is 0 Å². The predicted octanol–water partition coefficient (Wildman–Crippen LogP) is 1.92. The second-order valence-electron chi connectivity index (χ2n) is 3.44. The van der Waals surface area contributed by atoms with Crippen LogP contribution in [0.3, 0.4) is 0 Å². The molecule has 0 aromatic heterocycles. The Morgan fingerprint density at radius 1 is 1.33 bits per heavy atom. The van der Waals surface area contributed by atoms with Crippen LogP contribution in [0.2, 0.25) is 4.47 Å². The number of nitrogens with zero attached hydrogens (tertiary/aromatic N) is 1. The fraction of sp³-hybridized carbons (Fsp3) is 0.417. The second kappa shape index (κ2) is 6.87. The first-order chi connectivity index (χ1) is 7.27. The molecule has 0 bridgehead atoms. The van der Waals surface area contributed by atoms with Crippen molar-refractivity contribution in [3.63, 3.8) is 0 Å². The number of hydrazone groups is 1. The van der Waals surface area contributed by atoms with E-state index in [-0.39, 0.29) is 20.9 Å². The normalized spacial score (nSPS) is 11.7. The van der Waals surface area contributed by atoms with Crippen molar-refractivity contribution in [2.24, 2.45) is 10.9 Å². The van der Waals surface area contributed by atoms with Crippen LogP contribution in [0.5, 0.6) is 0 Å². The topological polar surface area (TPSA) is 38.4 Å². The van der Waals surface area contributed by atoms with Gasteiger partial charge >= 0.3 is 102 Å². The van der Waals surface area contributed by atoms with Gasteiger partial charge < -0.3 is 0 Å². The molecule has 1 aromatic carbocycles. The van der Waals surface area contributed by atoms with E-state index in [9.17, 15) is 0 Å². The van der Waals surface area contributed by atoms with Gasteiger partial charge in [0, 0.05) is 0 Å². The maximum atomic E-state index is 5.24. The summed E-state index contributed by atoms with van der Waals surface area (Å²) in [5.41, 5.74) is 2.03. The van der Waals surface area contributed by atoms with Gasteiger partial charge in [-0.05, 0) is 0 Å². The predicted molar refractivity (Wildman–Crippen MR) is 67.9 cm³/mol. The first kappa shape index (κ1) is 12.5. The molecule has 2 N–H and O–H groups in total. The third kappa shape index (κ3) is 4.24. The molecule has 0 spiro atoms. The molecule has 1 rings (SSSR count).